The van der Waals surface area contributed by atoms with Gasteiger partial charge in [-0.1, -0.05) is 17.7 Å². The van der Waals surface area contributed by atoms with Gasteiger partial charge < -0.3 is 4.74 Å². The van der Waals surface area contributed by atoms with Crippen molar-refractivity contribution in [3.63, 3.8) is 0 Å². The van der Waals surface area contributed by atoms with E-state index in [1.165, 1.54) is 15.3 Å². The number of pyridine rings is 3. The molecule has 0 aliphatic heterocycles. The molecule has 0 spiro atoms. The van der Waals surface area contributed by atoms with Gasteiger partial charge in [0.2, 0.25) is 0 Å². The SMILES string of the molecule is CCOC(=O)c1c(-n2ccc3nc4ccn(-c5ccc(C)cc5)c(=O)c4cc3c2=O)n[nH]c1C. The molecule has 0 aliphatic rings. The number of carbonyl (C=O) groups excluding carboxylic acids is 1. The standard InChI is InChI=1S/C25H21N5O4/c1-4-34-25(33)21-15(3)27-28-22(21)30-12-10-20-18(24(30)32)13-17-19(26-20)9-11-29(23(17)31)16-7-5-14(2)6-8-16/h5-13H,4H2,1-3H3,(H,27,28). The minimum Gasteiger partial charge on any atom is -0.462 e. The van der Waals surface area contributed by atoms with Crippen LogP contribution in [0.2, 0.25) is 0 Å². The van der Waals surface area contributed by atoms with E-state index in [0.29, 0.717) is 27.8 Å². The van der Waals surface area contributed by atoms with E-state index in [9.17, 15) is 14.4 Å². The molecule has 0 saturated heterocycles. The molecule has 0 saturated carbocycles. The molecule has 4 heterocycles. The molecule has 170 valence electrons. The van der Waals surface area contributed by atoms with Crippen molar-refractivity contribution in [1.29, 1.82) is 0 Å². The fraction of sp³-hybridized carbons (Fsp3) is 0.160. The van der Waals surface area contributed by atoms with Gasteiger partial charge in [-0.25, -0.2) is 9.78 Å². The summed E-state index contributed by atoms with van der Waals surface area (Å²) >= 11 is 0. The van der Waals surface area contributed by atoms with E-state index in [1.807, 2.05) is 31.2 Å². The highest BCUT2D eigenvalue weighted by Gasteiger charge is 2.22. The van der Waals surface area contributed by atoms with E-state index >= 15 is 0 Å². The summed E-state index contributed by atoms with van der Waals surface area (Å²) < 4.78 is 7.90. The Balaban J connectivity index is 1.72. The number of benzene rings is 1. The Kier molecular flexibility index (Phi) is 5.09. The lowest BCUT2D eigenvalue weighted by Gasteiger charge is -2.10. The third-order valence-electron chi connectivity index (χ3n) is 5.69. The number of fused-ring (bicyclic) bond motifs is 2. The number of nitrogens with zero attached hydrogens (tertiary/aromatic N) is 4. The third-order valence-corrected chi connectivity index (χ3v) is 5.69. The van der Waals surface area contributed by atoms with Crippen LogP contribution in [0.25, 0.3) is 33.3 Å². The molecule has 0 fully saturated rings. The molecule has 0 amide bonds. The monoisotopic (exact) mass is 455 g/mol. The topological polar surface area (TPSA) is 112 Å². The number of rotatable bonds is 4. The Morgan fingerprint density at radius 1 is 0.941 bits per heavy atom. The molecule has 9 nitrogen and oxygen atoms in total. The summed E-state index contributed by atoms with van der Waals surface area (Å²) in [7, 11) is 0. The third kappa shape index (κ3) is 3.38. The van der Waals surface area contributed by atoms with Crippen LogP contribution < -0.4 is 11.1 Å². The molecule has 0 aliphatic carbocycles. The maximum atomic E-state index is 13.4. The average Bonchev–Trinajstić information content (AvgIpc) is 3.21. The fourth-order valence-corrected chi connectivity index (χ4v) is 3.94. The van der Waals surface area contributed by atoms with Crippen LogP contribution in [0.1, 0.15) is 28.5 Å². The maximum absolute atomic E-state index is 13.4. The molecule has 5 aromatic rings. The van der Waals surface area contributed by atoms with Gasteiger partial charge in [0, 0.05) is 23.8 Å². The molecular formula is C25H21N5O4. The summed E-state index contributed by atoms with van der Waals surface area (Å²) in [5, 5.41) is 7.44. The number of aromatic nitrogens is 5. The number of hydrogen-bond acceptors (Lipinski definition) is 6. The number of carbonyl (C=O) groups is 1. The second-order valence-corrected chi connectivity index (χ2v) is 7.94. The number of H-pyrrole nitrogens is 1. The summed E-state index contributed by atoms with van der Waals surface area (Å²) in [6.07, 6.45) is 3.18. The zero-order chi connectivity index (χ0) is 24.0. The van der Waals surface area contributed by atoms with Crippen molar-refractivity contribution in [2.24, 2.45) is 0 Å². The Hall–Kier alpha value is -4.53. The van der Waals surface area contributed by atoms with Crippen molar-refractivity contribution in [3.05, 3.63) is 92.4 Å². The molecule has 1 N–H and O–H groups in total. The second-order valence-electron chi connectivity index (χ2n) is 7.94. The molecule has 34 heavy (non-hydrogen) atoms. The van der Waals surface area contributed by atoms with Gasteiger partial charge in [0.05, 0.1) is 28.4 Å². The number of nitrogens with one attached hydrogen (secondary N) is 1. The number of ether oxygens (including phenoxy) is 1. The summed E-state index contributed by atoms with van der Waals surface area (Å²) in [5.74, 6) is -0.443. The number of aryl methyl sites for hydroxylation is 2. The molecule has 0 atom stereocenters. The van der Waals surface area contributed by atoms with Gasteiger partial charge in [-0.05, 0) is 51.1 Å². The molecular weight excluding hydrogens is 434 g/mol. The number of aromatic amines is 1. The van der Waals surface area contributed by atoms with Crippen LogP contribution in [0.3, 0.4) is 0 Å². The van der Waals surface area contributed by atoms with Crippen molar-refractivity contribution >= 4 is 27.8 Å². The lowest BCUT2D eigenvalue weighted by atomic mass is 10.1. The van der Waals surface area contributed by atoms with Gasteiger partial charge in [-0.2, -0.15) is 5.10 Å². The predicted molar refractivity (Wildman–Crippen MR) is 128 cm³/mol. The molecule has 1 aromatic carbocycles. The summed E-state index contributed by atoms with van der Waals surface area (Å²) in [6, 6.07) is 12.5. The minimum absolute atomic E-state index is 0.132. The maximum Gasteiger partial charge on any atom is 0.343 e. The second kappa shape index (κ2) is 8.11. The summed E-state index contributed by atoms with van der Waals surface area (Å²) in [4.78, 5) is 43.7. The zero-order valence-electron chi connectivity index (χ0n) is 18.8. The average molecular weight is 455 g/mol. The number of hydrogen-bond donors (Lipinski definition) is 1. The Morgan fingerprint density at radius 2 is 1.56 bits per heavy atom. The van der Waals surface area contributed by atoms with E-state index in [0.717, 1.165) is 5.56 Å². The first kappa shape index (κ1) is 21.3. The first-order valence-corrected chi connectivity index (χ1v) is 10.8. The van der Waals surface area contributed by atoms with Crippen molar-refractivity contribution in [2.45, 2.75) is 20.8 Å². The first-order valence-electron chi connectivity index (χ1n) is 10.8. The Morgan fingerprint density at radius 3 is 2.21 bits per heavy atom. The highest BCUT2D eigenvalue weighted by atomic mass is 16.5. The minimum atomic E-state index is -0.576. The Bertz CT molecular complexity index is 1690. The summed E-state index contributed by atoms with van der Waals surface area (Å²) in [6.45, 7) is 5.55. The lowest BCUT2D eigenvalue weighted by molar-refractivity contribution is 0.0525. The van der Waals surface area contributed by atoms with Crippen LogP contribution in [-0.4, -0.2) is 36.9 Å². The van der Waals surface area contributed by atoms with Crippen LogP contribution in [0, 0.1) is 13.8 Å². The van der Waals surface area contributed by atoms with Crippen molar-refractivity contribution in [1.82, 2.24) is 24.3 Å². The van der Waals surface area contributed by atoms with E-state index in [2.05, 4.69) is 15.2 Å². The quantitative estimate of drug-likeness (QED) is 0.329. The van der Waals surface area contributed by atoms with Crippen LogP contribution in [0.15, 0.2) is 64.4 Å². The highest BCUT2D eigenvalue weighted by molar-refractivity contribution is 5.95. The lowest BCUT2D eigenvalue weighted by Crippen LogP contribution is -2.22. The van der Waals surface area contributed by atoms with E-state index in [4.69, 9.17) is 4.74 Å². The molecule has 9 heteroatoms. The largest absolute Gasteiger partial charge is 0.462 e. The van der Waals surface area contributed by atoms with Gasteiger partial charge in [-0.3, -0.25) is 23.8 Å². The van der Waals surface area contributed by atoms with Gasteiger partial charge in [-0.15, -0.1) is 0 Å². The molecule has 5 rings (SSSR count). The Labute approximate surface area is 193 Å². The first-order chi connectivity index (χ1) is 16.4. The van der Waals surface area contributed by atoms with E-state index in [1.54, 1.807) is 38.2 Å². The number of esters is 1. The smallest absolute Gasteiger partial charge is 0.343 e. The molecule has 4 aromatic heterocycles. The zero-order valence-corrected chi connectivity index (χ0v) is 18.8. The van der Waals surface area contributed by atoms with Gasteiger partial charge in [0.15, 0.2) is 5.82 Å². The van der Waals surface area contributed by atoms with Crippen LogP contribution in [0.4, 0.5) is 0 Å². The normalized spacial score (nSPS) is 11.3. The van der Waals surface area contributed by atoms with Gasteiger partial charge in [0.1, 0.15) is 5.56 Å². The molecule has 0 bridgehead atoms. The van der Waals surface area contributed by atoms with E-state index in [-0.39, 0.29) is 28.9 Å². The van der Waals surface area contributed by atoms with Crippen LogP contribution in [-0.2, 0) is 4.74 Å². The van der Waals surface area contributed by atoms with Crippen LogP contribution in [0.5, 0.6) is 0 Å². The molecule has 0 radical (unpaired) electrons. The van der Waals surface area contributed by atoms with Crippen LogP contribution >= 0.6 is 0 Å². The fourth-order valence-electron chi connectivity index (χ4n) is 3.94. The van der Waals surface area contributed by atoms with Gasteiger partial charge >= 0.3 is 5.97 Å². The van der Waals surface area contributed by atoms with Crippen molar-refractivity contribution in [3.8, 4) is 11.5 Å². The van der Waals surface area contributed by atoms with Gasteiger partial charge in [0.25, 0.3) is 11.1 Å². The predicted octanol–water partition coefficient (Wildman–Crippen LogP) is 3.21. The van der Waals surface area contributed by atoms with E-state index < -0.39 is 11.5 Å². The van der Waals surface area contributed by atoms with Crippen molar-refractivity contribution < 1.29 is 9.53 Å². The highest BCUT2D eigenvalue weighted by Crippen LogP contribution is 2.19. The summed E-state index contributed by atoms with van der Waals surface area (Å²) in [5.41, 5.74) is 2.65. The molecule has 0 unspecified atom stereocenters. The van der Waals surface area contributed by atoms with Crippen molar-refractivity contribution in [2.75, 3.05) is 6.61 Å².